The molecule has 0 atom stereocenters. The molecule has 0 saturated carbocycles. The van der Waals surface area contributed by atoms with E-state index in [4.69, 9.17) is 23.7 Å². The van der Waals surface area contributed by atoms with Crippen LogP contribution in [0.3, 0.4) is 0 Å². The van der Waals surface area contributed by atoms with Gasteiger partial charge in [0, 0.05) is 22.5 Å². The van der Waals surface area contributed by atoms with E-state index in [9.17, 15) is 0 Å². The molecule has 0 aliphatic heterocycles. The van der Waals surface area contributed by atoms with Crippen LogP contribution in [0, 0.1) is 0 Å². The average Bonchev–Trinajstić information content (AvgIpc) is 2.65. The quantitative estimate of drug-likeness (QED) is 0.445. The summed E-state index contributed by atoms with van der Waals surface area (Å²) in [7, 11) is 8.03. The normalized spacial score (nSPS) is 10.5. The highest BCUT2D eigenvalue weighted by Gasteiger charge is 2.22. The minimum atomic E-state index is 0.536. The number of hydrogen-bond acceptors (Lipinski definition) is 5. The van der Waals surface area contributed by atoms with Gasteiger partial charge in [0.25, 0.3) is 0 Å². The van der Waals surface area contributed by atoms with Crippen LogP contribution in [0.5, 0.6) is 28.7 Å². The summed E-state index contributed by atoms with van der Waals surface area (Å²) in [6.07, 6.45) is 0.536. The van der Waals surface area contributed by atoms with Crippen LogP contribution >= 0.6 is 47.8 Å². The Balaban J connectivity index is 2.65. The number of benzene rings is 2. The van der Waals surface area contributed by atoms with Crippen molar-refractivity contribution in [1.82, 2.24) is 0 Å². The molecule has 0 spiro atoms. The Hall–Kier alpha value is -1.12. The van der Waals surface area contributed by atoms with E-state index >= 15 is 0 Å². The van der Waals surface area contributed by atoms with Crippen LogP contribution in [0.1, 0.15) is 11.1 Å². The smallest absolute Gasteiger partial charge is 0.176 e. The molecule has 0 saturated heterocycles. The van der Waals surface area contributed by atoms with Crippen molar-refractivity contribution in [1.29, 1.82) is 0 Å². The summed E-state index contributed by atoms with van der Waals surface area (Å²) in [5.41, 5.74) is 1.85. The van der Waals surface area contributed by atoms with Gasteiger partial charge < -0.3 is 23.7 Å². The van der Waals surface area contributed by atoms with Crippen molar-refractivity contribution in [3.05, 3.63) is 36.7 Å². The van der Waals surface area contributed by atoms with Crippen LogP contribution in [0.25, 0.3) is 0 Å². The van der Waals surface area contributed by atoms with Crippen molar-refractivity contribution >= 4 is 47.8 Å². The van der Waals surface area contributed by atoms with Crippen molar-refractivity contribution in [2.24, 2.45) is 0 Å². The zero-order chi connectivity index (χ0) is 19.4. The van der Waals surface area contributed by atoms with E-state index in [2.05, 4.69) is 47.8 Å². The minimum absolute atomic E-state index is 0.536. The molecule has 0 radical (unpaired) electrons. The van der Waals surface area contributed by atoms with Gasteiger partial charge in [0.05, 0.1) is 40.0 Å². The molecule has 2 aromatic carbocycles. The third-order valence-electron chi connectivity index (χ3n) is 3.89. The van der Waals surface area contributed by atoms with Gasteiger partial charge >= 0.3 is 0 Å². The maximum absolute atomic E-state index is 5.62. The standard InChI is InChI=1S/C18H19Br3O5/c1-22-11-8-12(23-2)15(20)17(25-4)10(11)6-9-7-13(24-3)18(26-5)16(21)14(9)19/h7-8H,6H2,1-5H3. The van der Waals surface area contributed by atoms with E-state index in [1.807, 2.05) is 12.1 Å². The molecule has 2 rings (SSSR count). The van der Waals surface area contributed by atoms with E-state index in [0.29, 0.717) is 35.2 Å². The van der Waals surface area contributed by atoms with Gasteiger partial charge in [-0.3, -0.25) is 0 Å². The second-order valence-electron chi connectivity index (χ2n) is 5.18. The number of methoxy groups -OCH3 is 5. The molecule has 26 heavy (non-hydrogen) atoms. The molecular weight excluding hydrogens is 536 g/mol. The highest BCUT2D eigenvalue weighted by Crippen LogP contribution is 2.47. The number of ether oxygens (including phenoxy) is 5. The fourth-order valence-corrected chi connectivity index (χ4v) is 4.36. The molecule has 0 unspecified atom stereocenters. The molecule has 0 fully saturated rings. The maximum atomic E-state index is 5.62. The first-order valence-corrected chi connectivity index (χ1v) is 9.87. The van der Waals surface area contributed by atoms with Crippen LogP contribution < -0.4 is 23.7 Å². The molecule has 2 aromatic rings. The van der Waals surface area contributed by atoms with Crippen molar-refractivity contribution in [2.45, 2.75) is 6.42 Å². The molecule has 0 amide bonds. The second kappa shape index (κ2) is 9.19. The maximum Gasteiger partial charge on any atom is 0.176 e. The van der Waals surface area contributed by atoms with Crippen molar-refractivity contribution in [3.8, 4) is 28.7 Å². The van der Waals surface area contributed by atoms with E-state index in [0.717, 1.165) is 24.5 Å². The number of rotatable bonds is 7. The van der Waals surface area contributed by atoms with Crippen molar-refractivity contribution in [2.75, 3.05) is 35.5 Å². The molecule has 0 N–H and O–H groups in total. The fourth-order valence-electron chi connectivity index (χ4n) is 2.63. The SMILES string of the molecule is COc1cc(OC)c(Cc2cc(OC)c(OC)c(Br)c2Br)c(OC)c1Br. The Morgan fingerprint density at radius 3 is 1.69 bits per heavy atom. The molecule has 0 aliphatic carbocycles. The zero-order valence-electron chi connectivity index (χ0n) is 15.0. The summed E-state index contributed by atoms with van der Waals surface area (Å²) in [5, 5.41) is 0. The first-order chi connectivity index (χ1) is 12.4. The lowest BCUT2D eigenvalue weighted by atomic mass is 10.0. The zero-order valence-corrected chi connectivity index (χ0v) is 19.8. The highest BCUT2D eigenvalue weighted by atomic mass is 79.9. The topological polar surface area (TPSA) is 46.2 Å². The highest BCUT2D eigenvalue weighted by molar-refractivity contribution is 9.13. The lowest BCUT2D eigenvalue weighted by molar-refractivity contribution is 0.352. The monoisotopic (exact) mass is 552 g/mol. The summed E-state index contributed by atoms with van der Waals surface area (Å²) >= 11 is 10.7. The molecule has 8 heteroatoms. The fraction of sp³-hybridized carbons (Fsp3) is 0.333. The van der Waals surface area contributed by atoms with Crippen molar-refractivity contribution < 1.29 is 23.7 Å². The van der Waals surface area contributed by atoms with Gasteiger partial charge in [0.15, 0.2) is 11.5 Å². The molecular formula is C18H19Br3O5. The lowest BCUT2D eigenvalue weighted by Gasteiger charge is -2.19. The van der Waals surface area contributed by atoms with Gasteiger partial charge in [0.2, 0.25) is 0 Å². The third kappa shape index (κ3) is 3.92. The van der Waals surface area contributed by atoms with Crippen LogP contribution in [-0.2, 0) is 6.42 Å². The Morgan fingerprint density at radius 2 is 1.19 bits per heavy atom. The third-order valence-corrected chi connectivity index (χ3v) is 6.83. The van der Waals surface area contributed by atoms with Crippen LogP contribution in [0.15, 0.2) is 25.6 Å². The van der Waals surface area contributed by atoms with Gasteiger partial charge in [0.1, 0.15) is 21.7 Å². The minimum Gasteiger partial charge on any atom is -0.496 e. The van der Waals surface area contributed by atoms with E-state index in [1.165, 1.54) is 0 Å². The summed E-state index contributed by atoms with van der Waals surface area (Å²) in [5.74, 6) is 3.20. The first kappa shape index (κ1) is 21.2. The second-order valence-corrected chi connectivity index (χ2v) is 7.56. The molecule has 0 bridgehead atoms. The summed E-state index contributed by atoms with van der Waals surface area (Å²) in [4.78, 5) is 0. The Bertz CT molecular complexity index is 808. The van der Waals surface area contributed by atoms with E-state index < -0.39 is 0 Å². The molecule has 5 nitrogen and oxygen atoms in total. The number of hydrogen-bond donors (Lipinski definition) is 0. The van der Waals surface area contributed by atoms with Crippen LogP contribution in [-0.4, -0.2) is 35.5 Å². The van der Waals surface area contributed by atoms with Gasteiger partial charge in [-0.2, -0.15) is 0 Å². The van der Waals surface area contributed by atoms with Gasteiger partial charge in [-0.15, -0.1) is 0 Å². The lowest BCUT2D eigenvalue weighted by Crippen LogP contribution is -2.03. The molecule has 0 aliphatic rings. The molecule has 0 heterocycles. The predicted octanol–water partition coefficient (Wildman–Crippen LogP) is 5.61. The number of halogens is 3. The Morgan fingerprint density at radius 1 is 0.615 bits per heavy atom. The molecule has 142 valence electrons. The summed E-state index contributed by atoms with van der Waals surface area (Å²) in [6, 6.07) is 3.75. The van der Waals surface area contributed by atoms with Crippen molar-refractivity contribution in [3.63, 3.8) is 0 Å². The van der Waals surface area contributed by atoms with Crippen LogP contribution in [0.2, 0.25) is 0 Å². The first-order valence-electron chi connectivity index (χ1n) is 7.49. The van der Waals surface area contributed by atoms with Crippen LogP contribution in [0.4, 0.5) is 0 Å². The van der Waals surface area contributed by atoms with Gasteiger partial charge in [-0.1, -0.05) is 0 Å². The summed E-state index contributed by atoms with van der Waals surface area (Å²) < 4.78 is 29.8. The van der Waals surface area contributed by atoms with Gasteiger partial charge in [-0.25, -0.2) is 0 Å². The Kier molecular flexibility index (Phi) is 7.49. The van der Waals surface area contributed by atoms with E-state index in [1.54, 1.807) is 35.5 Å². The molecule has 0 aromatic heterocycles. The average molecular weight is 555 g/mol. The van der Waals surface area contributed by atoms with E-state index in [-0.39, 0.29) is 0 Å². The predicted molar refractivity (Wildman–Crippen MR) is 112 cm³/mol. The largest absolute Gasteiger partial charge is 0.496 e. The Labute approximate surface area is 178 Å². The van der Waals surface area contributed by atoms with Gasteiger partial charge in [-0.05, 0) is 59.4 Å². The summed E-state index contributed by atoms with van der Waals surface area (Å²) in [6.45, 7) is 0.